The van der Waals surface area contributed by atoms with E-state index in [1.807, 2.05) is 0 Å². The van der Waals surface area contributed by atoms with Gasteiger partial charge in [0.1, 0.15) is 6.73 Å². The van der Waals surface area contributed by atoms with E-state index in [4.69, 9.17) is 9.26 Å². The lowest BCUT2D eigenvalue weighted by Crippen LogP contribution is -2.34. The van der Waals surface area contributed by atoms with Crippen LogP contribution in [0.2, 0.25) is 0 Å². The van der Waals surface area contributed by atoms with Crippen LogP contribution in [0.5, 0.6) is 0 Å². The maximum absolute atomic E-state index is 12.1. The quantitative estimate of drug-likeness (QED) is 0.567. The number of fused-ring (bicyclic) bond motifs is 1. The van der Waals surface area contributed by atoms with Crippen molar-refractivity contribution in [3.8, 4) is 0 Å². The van der Waals surface area contributed by atoms with Gasteiger partial charge in [-0.1, -0.05) is 5.16 Å². The minimum Gasteiger partial charge on any atom is -0.361 e. The van der Waals surface area contributed by atoms with Crippen LogP contribution >= 0.6 is 11.8 Å². The number of Topliss-reactive ketones (excluding diaryl/α,β-unsaturated/α-hetero) is 1. The number of thioether (sulfide) groups is 1. The molecule has 0 bridgehead atoms. The Balaban J connectivity index is 1.69. The average molecular weight is 325 g/mol. The molecule has 0 spiro atoms. The highest BCUT2D eigenvalue weighted by Crippen LogP contribution is 2.28. The first-order chi connectivity index (χ1) is 10.6. The predicted molar refractivity (Wildman–Crippen MR) is 78.7 cm³/mol. The number of carbonyl (C=O) groups is 3. The Morgan fingerprint density at radius 3 is 3.05 bits per heavy atom. The second kappa shape index (κ2) is 7.76. The molecule has 0 unspecified atom stereocenters. The molecule has 2 amide bonds. The van der Waals surface area contributed by atoms with E-state index in [1.54, 1.807) is 0 Å². The van der Waals surface area contributed by atoms with Crippen molar-refractivity contribution in [1.82, 2.24) is 15.8 Å². The van der Waals surface area contributed by atoms with Crippen molar-refractivity contribution in [2.75, 3.05) is 26.1 Å². The number of urea groups is 1. The molecule has 0 saturated heterocycles. The molecule has 0 radical (unpaired) electrons. The number of amides is 2. The fraction of sp³-hybridized carbons (Fsp3) is 0.385. The van der Waals surface area contributed by atoms with Crippen molar-refractivity contribution in [2.24, 2.45) is 0 Å². The molecule has 0 fully saturated rings. The topological polar surface area (TPSA) is 111 Å². The third-order valence-corrected chi connectivity index (χ3v) is 3.88. The number of aromatic nitrogens is 1. The minimum atomic E-state index is -0.347. The van der Waals surface area contributed by atoms with Crippen LogP contribution in [0.25, 0.3) is 0 Å². The molecule has 0 aromatic carbocycles. The number of ketones is 2. The normalized spacial score (nSPS) is 13.6. The fourth-order valence-corrected chi connectivity index (χ4v) is 2.60. The highest BCUT2D eigenvalue weighted by molar-refractivity contribution is 8.04. The molecule has 1 aliphatic rings. The van der Waals surface area contributed by atoms with Gasteiger partial charge < -0.3 is 19.9 Å². The molecule has 2 rings (SSSR count). The van der Waals surface area contributed by atoms with E-state index in [1.165, 1.54) is 31.1 Å². The summed E-state index contributed by atoms with van der Waals surface area (Å²) < 4.78 is 9.96. The molecule has 9 heteroatoms. The lowest BCUT2D eigenvalue weighted by molar-refractivity contribution is 0.0967. The van der Waals surface area contributed by atoms with Gasteiger partial charge in [0.2, 0.25) is 17.3 Å². The summed E-state index contributed by atoms with van der Waals surface area (Å²) >= 11 is 1.29. The number of carbonyl (C=O) groups excluding carboxylic acids is 3. The van der Waals surface area contributed by atoms with E-state index in [0.717, 1.165) is 0 Å². The molecule has 2 N–H and O–H groups in total. The number of nitrogens with one attached hydrogen (secondary N) is 2. The molecular weight excluding hydrogens is 310 g/mol. The molecule has 8 nitrogen and oxygen atoms in total. The van der Waals surface area contributed by atoms with Crippen molar-refractivity contribution >= 4 is 29.4 Å². The molecule has 1 heterocycles. The smallest absolute Gasteiger partial charge is 0.316 e. The molecule has 1 aromatic rings. The second-order valence-corrected chi connectivity index (χ2v) is 5.42. The number of rotatable bonds is 7. The van der Waals surface area contributed by atoms with Crippen LogP contribution in [0.15, 0.2) is 21.7 Å². The molecule has 0 atom stereocenters. The van der Waals surface area contributed by atoms with Gasteiger partial charge in [0.05, 0.1) is 16.7 Å². The lowest BCUT2D eigenvalue weighted by Gasteiger charge is -2.09. The van der Waals surface area contributed by atoms with Crippen LogP contribution in [-0.2, 0) is 4.74 Å². The van der Waals surface area contributed by atoms with E-state index >= 15 is 0 Å². The third kappa shape index (κ3) is 3.95. The summed E-state index contributed by atoms with van der Waals surface area (Å²) in [7, 11) is 1.52. The van der Waals surface area contributed by atoms with Gasteiger partial charge in [-0.15, -0.1) is 11.8 Å². The highest BCUT2D eigenvalue weighted by atomic mass is 32.2. The van der Waals surface area contributed by atoms with Crippen LogP contribution in [0.3, 0.4) is 0 Å². The monoisotopic (exact) mass is 325 g/mol. The van der Waals surface area contributed by atoms with Gasteiger partial charge in [-0.05, 0) is 6.42 Å². The Labute approximate surface area is 130 Å². The average Bonchev–Trinajstić information content (AvgIpc) is 3.01. The molecule has 1 aromatic heterocycles. The summed E-state index contributed by atoms with van der Waals surface area (Å²) in [5.74, 6) is 0.0208. The first-order valence-electron chi connectivity index (χ1n) is 6.55. The number of allylic oxidation sites excluding steroid dienone is 2. The van der Waals surface area contributed by atoms with E-state index in [-0.39, 0.29) is 35.7 Å². The van der Waals surface area contributed by atoms with Gasteiger partial charge in [-0.2, -0.15) is 0 Å². The molecule has 0 saturated carbocycles. The molecule has 1 aliphatic carbocycles. The van der Waals surface area contributed by atoms with Gasteiger partial charge in [0.25, 0.3) is 0 Å². The summed E-state index contributed by atoms with van der Waals surface area (Å²) in [4.78, 5) is 35.0. The van der Waals surface area contributed by atoms with Crippen LogP contribution in [-0.4, -0.2) is 48.9 Å². The van der Waals surface area contributed by atoms with Gasteiger partial charge >= 0.3 is 6.03 Å². The summed E-state index contributed by atoms with van der Waals surface area (Å²) in [5.41, 5.74) is 0.209. The zero-order valence-electron chi connectivity index (χ0n) is 11.9. The zero-order valence-corrected chi connectivity index (χ0v) is 12.7. The third-order valence-electron chi connectivity index (χ3n) is 2.78. The summed E-state index contributed by atoms with van der Waals surface area (Å²) in [6.07, 6.45) is 3.21. The maximum Gasteiger partial charge on any atom is 0.316 e. The Hall–Kier alpha value is -2.13. The number of nitrogens with zero attached hydrogens (tertiary/aromatic N) is 1. The van der Waals surface area contributed by atoms with Crippen molar-refractivity contribution in [3.63, 3.8) is 0 Å². The highest BCUT2D eigenvalue weighted by Gasteiger charge is 2.29. The predicted octanol–water partition coefficient (Wildman–Crippen LogP) is 0.964. The first-order valence-corrected chi connectivity index (χ1v) is 7.53. The molecule has 0 aliphatic heterocycles. The fourth-order valence-electron chi connectivity index (χ4n) is 1.69. The van der Waals surface area contributed by atoms with Gasteiger partial charge in [0, 0.05) is 25.5 Å². The zero-order chi connectivity index (χ0) is 15.9. The minimum absolute atomic E-state index is 0.00189. The number of ether oxygens (including phenoxy) is 1. The van der Waals surface area contributed by atoms with E-state index in [9.17, 15) is 14.4 Å². The van der Waals surface area contributed by atoms with Crippen LogP contribution in [0.1, 0.15) is 27.3 Å². The van der Waals surface area contributed by atoms with Gasteiger partial charge in [0.15, 0.2) is 0 Å². The maximum atomic E-state index is 12.1. The Morgan fingerprint density at radius 2 is 2.27 bits per heavy atom. The Morgan fingerprint density at radius 1 is 1.45 bits per heavy atom. The van der Waals surface area contributed by atoms with E-state index in [0.29, 0.717) is 23.7 Å². The molecular formula is C13H15N3O5S. The molecule has 118 valence electrons. The summed E-state index contributed by atoms with van der Waals surface area (Å²) in [5, 5.41) is 8.36. The SMILES string of the molecule is CNC(=O)NCOCCCSC1=CC(=O)c2oncc2C1=O. The summed E-state index contributed by atoms with van der Waals surface area (Å²) in [6, 6.07) is -0.310. The van der Waals surface area contributed by atoms with Crippen molar-refractivity contribution in [3.05, 3.63) is 28.5 Å². The Kier molecular flexibility index (Phi) is 5.73. The largest absolute Gasteiger partial charge is 0.361 e. The number of hydrogen-bond acceptors (Lipinski definition) is 7. The number of hydrogen-bond donors (Lipinski definition) is 2. The lowest BCUT2D eigenvalue weighted by atomic mass is 10.0. The van der Waals surface area contributed by atoms with Crippen molar-refractivity contribution in [1.29, 1.82) is 0 Å². The summed E-state index contributed by atoms with van der Waals surface area (Å²) in [6.45, 7) is 0.555. The van der Waals surface area contributed by atoms with E-state index in [2.05, 4.69) is 15.8 Å². The van der Waals surface area contributed by atoms with Gasteiger partial charge in [-0.25, -0.2) is 4.79 Å². The van der Waals surface area contributed by atoms with Crippen LogP contribution in [0.4, 0.5) is 4.79 Å². The van der Waals surface area contributed by atoms with E-state index < -0.39 is 0 Å². The Bertz CT molecular complexity index is 611. The van der Waals surface area contributed by atoms with Crippen LogP contribution in [0, 0.1) is 0 Å². The molecule has 22 heavy (non-hydrogen) atoms. The first kappa shape index (κ1) is 16.2. The van der Waals surface area contributed by atoms with Crippen molar-refractivity contribution in [2.45, 2.75) is 6.42 Å². The van der Waals surface area contributed by atoms with Gasteiger partial charge in [-0.3, -0.25) is 9.59 Å². The second-order valence-electron chi connectivity index (χ2n) is 4.28. The van der Waals surface area contributed by atoms with Crippen LogP contribution < -0.4 is 10.6 Å². The van der Waals surface area contributed by atoms with Crippen molar-refractivity contribution < 1.29 is 23.6 Å². The standard InChI is InChI=1S/C13H15N3O5S/c1-14-13(19)15-7-20-3-2-4-22-10-5-9(17)12-8(11(10)18)6-16-21-12/h5-6H,2-4,7H2,1H3,(H2,14,15,19).